The Morgan fingerprint density at radius 3 is 1.32 bits per heavy atom. The molecule has 0 unspecified atom stereocenters. The van der Waals surface area contributed by atoms with Gasteiger partial charge in [-0.25, -0.2) is 0 Å². The summed E-state index contributed by atoms with van der Waals surface area (Å²) in [5.74, 6) is -0.395. The van der Waals surface area contributed by atoms with Crippen LogP contribution in [0.2, 0.25) is 0 Å². The first-order valence-corrected chi connectivity index (χ1v) is 9.00. The quantitative estimate of drug-likeness (QED) is 0.322. The Bertz CT molecular complexity index is 692. The van der Waals surface area contributed by atoms with Crippen molar-refractivity contribution in [2.24, 2.45) is 0 Å². The highest BCUT2D eigenvalue weighted by atomic mass is 79.9. The molecule has 0 amide bonds. The molecule has 0 aliphatic rings. The molecule has 0 aliphatic heterocycles. The van der Waals surface area contributed by atoms with Crippen LogP contribution in [0.5, 0.6) is 11.5 Å². The maximum Gasteiger partial charge on any atom is 0.416 e. The molecule has 0 aromatic heterocycles. The predicted octanol–water partition coefficient (Wildman–Crippen LogP) is 7.31. The molecular weight excluding hydrogens is 482 g/mol. The summed E-state index contributed by atoms with van der Waals surface area (Å²) in [6.45, 7) is 0. The summed E-state index contributed by atoms with van der Waals surface area (Å²) in [5, 5.41) is -0.0272. The molecule has 2 rings (SSSR count). The molecule has 25 heavy (non-hydrogen) atoms. The molecule has 0 atom stereocenters. The maximum atomic E-state index is 13.0. The first-order valence-electron chi connectivity index (χ1n) is 6.76. The van der Waals surface area contributed by atoms with Gasteiger partial charge in [0.05, 0.1) is 11.1 Å². The van der Waals surface area contributed by atoms with E-state index in [1.54, 1.807) is 0 Å². The molecule has 0 radical (unpaired) electrons. The van der Waals surface area contributed by atoms with Gasteiger partial charge in [0.25, 0.3) is 0 Å². The van der Waals surface area contributed by atoms with Crippen LogP contribution in [0.25, 0.3) is 0 Å². The highest BCUT2D eigenvalue weighted by Gasteiger charge is 2.35. The van der Waals surface area contributed by atoms with Crippen molar-refractivity contribution in [2.45, 2.75) is 23.0 Å². The van der Waals surface area contributed by atoms with Crippen LogP contribution < -0.4 is 4.74 Å². The molecule has 0 bridgehead atoms. The minimum Gasteiger partial charge on any atom is -0.457 e. The second kappa shape index (κ2) is 7.57. The number of hydrogen-bond acceptors (Lipinski definition) is 1. The van der Waals surface area contributed by atoms with Crippen molar-refractivity contribution in [3.05, 3.63) is 58.7 Å². The van der Waals surface area contributed by atoms with Crippen LogP contribution in [-0.4, -0.2) is 0 Å². The van der Waals surface area contributed by atoms with E-state index in [1.807, 2.05) is 0 Å². The third-order valence-electron chi connectivity index (χ3n) is 3.30. The summed E-state index contributed by atoms with van der Waals surface area (Å²) in [6.07, 6.45) is -9.20. The van der Waals surface area contributed by atoms with Gasteiger partial charge in [-0.15, -0.1) is 0 Å². The lowest BCUT2D eigenvalue weighted by Crippen LogP contribution is -2.09. The largest absolute Gasteiger partial charge is 0.457 e. The van der Waals surface area contributed by atoms with Gasteiger partial charge in [-0.05, 0) is 35.4 Å². The number of alkyl halides is 8. The number of hydrogen-bond donors (Lipinski definition) is 0. The maximum absolute atomic E-state index is 13.0. The summed E-state index contributed by atoms with van der Waals surface area (Å²) in [6, 6.07) is 6.51. The van der Waals surface area contributed by atoms with E-state index in [2.05, 4.69) is 31.9 Å². The van der Waals surface area contributed by atoms with Crippen molar-refractivity contribution >= 4 is 31.9 Å². The Kier molecular flexibility index (Phi) is 6.09. The van der Waals surface area contributed by atoms with Gasteiger partial charge in [0, 0.05) is 10.7 Å². The number of halogens is 8. The molecule has 9 heteroatoms. The van der Waals surface area contributed by atoms with E-state index in [-0.39, 0.29) is 33.3 Å². The molecule has 0 aliphatic carbocycles. The lowest BCUT2D eigenvalue weighted by Gasteiger charge is -2.16. The van der Waals surface area contributed by atoms with Crippen LogP contribution in [0.4, 0.5) is 26.3 Å². The number of ether oxygens (including phenoxy) is 1. The summed E-state index contributed by atoms with van der Waals surface area (Å²) in [4.78, 5) is 0. The molecule has 0 spiro atoms. The number of benzene rings is 2. The first-order chi connectivity index (χ1) is 11.6. The third-order valence-corrected chi connectivity index (χ3v) is 4.51. The zero-order valence-corrected chi connectivity index (χ0v) is 15.5. The molecule has 2 aromatic carbocycles. The van der Waals surface area contributed by atoms with E-state index >= 15 is 0 Å². The minimum absolute atomic E-state index is 0.00506. The van der Waals surface area contributed by atoms with E-state index in [0.717, 1.165) is 12.1 Å². The normalized spacial score (nSPS) is 12.3. The van der Waals surface area contributed by atoms with Crippen LogP contribution in [0.15, 0.2) is 36.4 Å². The van der Waals surface area contributed by atoms with Crippen molar-refractivity contribution in [1.29, 1.82) is 0 Å². The van der Waals surface area contributed by atoms with Gasteiger partial charge in [-0.3, -0.25) is 0 Å². The second-order valence-electron chi connectivity index (χ2n) is 5.00. The van der Waals surface area contributed by atoms with Crippen molar-refractivity contribution < 1.29 is 31.1 Å². The highest BCUT2D eigenvalue weighted by molar-refractivity contribution is 9.08. The smallest absolute Gasteiger partial charge is 0.416 e. The fourth-order valence-electron chi connectivity index (χ4n) is 2.14. The lowest BCUT2D eigenvalue weighted by atomic mass is 10.1. The fraction of sp³-hybridized carbons (Fsp3) is 0.250. The van der Waals surface area contributed by atoms with Crippen molar-refractivity contribution in [2.75, 3.05) is 0 Å². The average Bonchev–Trinajstić information content (AvgIpc) is 2.53. The zero-order chi connectivity index (χ0) is 18.8. The van der Waals surface area contributed by atoms with E-state index in [9.17, 15) is 26.3 Å². The van der Waals surface area contributed by atoms with Crippen LogP contribution in [0.3, 0.4) is 0 Å². The third kappa shape index (κ3) is 4.91. The Labute approximate surface area is 156 Å². The minimum atomic E-state index is -4.60. The van der Waals surface area contributed by atoms with Crippen molar-refractivity contribution in [3.8, 4) is 11.5 Å². The monoisotopic (exact) mass is 490 g/mol. The fourth-order valence-corrected chi connectivity index (χ4v) is 3.11. The predicted molar refractivity (Wildman–Crippen MR) is 88.2 cm³/mol. The van der Waals surface area contributed by atoms with Gasteiger partial charge in [-0.1, -0.05) is 44.0 Å². The van der Waals surface area contributed by atoms with Crippen LogP contribution in [0.1, 0.15) is 22.3 Å². The summed E-state index contributed by atoms with van der Waals surface area (Å²) >= 11 is 5.94. The summed E-state index contributed by atoms with van der Waals surface area (Å²) in [5.41, 5.74) is -1.80. The SMILES string of the molecule is FC(F)(F)c1cc(Oc2ccc(CBr)c(C(F)(F)F)c2)ccc1CBr. The second-order valence-corrected chi connectivity index (χ2v) is 6.12. The van der Waals surface area contributed by atoms with E-state index < -0.39 is 23.5 Å². The Hall–Kier alpha value is -1.22. The van der Waals surface area contributed by atoms with Gasteiger partial charge in [0.15, 0.2) is 0 Å². The molecule has 2 aromatic rings. The van der Waals surface area contributed by atoms with E-state index in [4.69, 9.17) is 4.74 Å². The molecular formula is C16H10Br2F6O. The molecule has 1 nitrogen and oxygen atoms in total. The van der Waals surface area contributed by atoms with Gasteiger partial charge in [0.1, 0.15) is 11.5 Å². The standard InChI is InChI=1S/C16H10Br2F6O/c17-7-9-1-3-11(5-13(9)15(19,20)21)25-12-4-2-10(8-18)14(6-12)16(22,23)24/h1-6H,7-8H2. The summed E-state index contributed by atoms with van der Waals surface area (Å²) in [7, 11) is 0. The topological polar surface area (TPSA) is 9.23 Å². The van der Waals surface area contributed by atoms with Crippen molar-refractivity contribution in [3.63, 3.8) is 0 Å². The van der Waals surface area contributed by atoms with Gasteiger partial charge >= 0.3 is 12.4 Å². The number of rotatable bonds is 4. The Morgan fingerprint density at radius 1 is 0.680 bits per heavy atom. The van der Waals surface area contributed by atoms with Gasteiger partial charge in [-0.2, -0.15) is 26.3 Å². The molecule has 136 valence electrons. The molecule has 0 N–H and O–H groups in total. The van der Waals surface area contributed by atoms with Gasteiger partial charge < -0.3 is 4.74 Å². The Morgan fingerprint density at radius 2 is 1.04 bits per heavy atom. The zero-order valence-electron chi connectivity index (χ0n) is 12.3. The molecule has 0 fully saturated rings. The van der Waals surface area contributed by atoms with E-state index in [1.165, 1.54) is 24.3 Å². The van der Waals surface area contributed by atoms with Crippen molar-refractivity contribution in [1.82, 2.24) is 0 Å². The van der Waals surface area contributed by atoms with Gasteiger partial charge in [0.2, 0.25) is 0 Å². The van der Waals surface area contributed by atoms with Crippen LogP contribution in [-0.2, 0) is 23.0 Å². The van der Waals surface area contributed by atoms with Crippen LogP contribution >= 0.6 is 31.9 Å². The molecule has 0 saturated carbocycles. The molecule has 0 saturated heterocycles. The van der Waals surface area contributed by atoms with Crippen LogP contribution in [0, 0.1) is 0 Å². The lowest BCUT2D eigenvalue weighted by molar-refractivity contribution is -0.138. The molecule has 0 heterocycles. The van der Waals surface area contributed by atoms with E-state index in [0.29, 0.717) is 0 Å². The highest BCUT2D eigenvalue weighted by Crippen LogP contribution is 2.38. The first kappa shape index (κ1) is 20.1. The summed E-state index contributed by atoms with van der Waals surface area (Å²) < 4.78 is 83.5. The average molecular weight is 492 g/mol. The Balaban J connectivity index is 2.40.